The molecule has 0 saturated heterocycles. The molecule has 0 aliphatic rings. The fourth-order valence-electron chi connectivity index (χ4n) is 15.4. The Morgan fingerprint density at radius 1 is 0.145 bits per heavy atom. The van der Waals surface area contributed by atoms with Crippen LogP contribution < -0.4 is 0 Å². The SMILES string of the molecule is c1ccc(-c2cc(-c3ccccc3)cc(-c3ccc4cc(-c5ccc6nc(-c7ccc(-c8cc9cccnc9c9ncccc89)cc7)ccc6c5)ccc4n3)c2)cc1.c1ccc(-c2ccc(-c3ccc4cc(-c5ccc6nc(-c7ccc(-c8cc9cccnc9c9ncccc89)cc7)ccc6c5)ccc4n3)cc2)cc1. The van der Waals surface area contributed by atoms with Crippen LogP contribution in [-0.4, -0.2) is 39.9 Å². The lowest BCUT2D eigenvalue weighted by Crippen LogP contribution is -1.90. The molecule has 0 amide bonds. The number of pyridine rings is 8. The Kier molecular flexibility index (Phi) is 16.4. The highest BCUT2D eigenvalue weighted by Gasteiger charge is 2.17. The van der Waals surface area contributed by atoms with E-state index in [1.807, 2.05) is 55.1 Å². The number of nitrogens with zero attached hydrogens (tertiary/aromatic N) is 8. The van der Waals surface area contributed by atoms with Crippen molar-refractivity contribution in [3.8, 4) is 123 Å². The third kappa shape index (κ3) is 12.5. The Balaban J connectivity index is 0.000000145. The lowest BCUT2D eigenvalue weighted by molar-refractivity contribution is 1.37. The summed E-state index contributed by atoms with van der Waals surface area (Å²) in [4.78, 5) is 38.9. The van der Waals surface area contributed by atoms with Gasteiger partial charge in [-0.2, -0.15) is 0 Å². The second-order valence-corrected chi connectivity index (χ2v) is 27.8. The van der Waals surface area contributed by atoms with E-state index in [-0.39, 0.29) is 0 Å². The summed E-state index contributed by atoms with van der Waals surface area (Å²) >= 11 is 0. The maximum Gasteiger partial charge on any atom is 0.0970 e. The lowest BCUT2D eigenvalue weighted by atomic mass is 9.94. The van der Waals surface area contributed by atoms with E-state index in [1.165, 1.54) is 33.4 Å². The molecular formula is C102H64N8. The molecule has 0 saturated carbocycles. The van der Waals surface area contributed by atoms with Gasteiger partial charge < -0.3 is 0 Å². The van der Waals surface area contributed by atoms with Gasteiger partial charge in [-0.1, -0.05) is 237 Å². The Hall–Kier alpha value is -14.9. The summed E-state index contributed by atoms with van der Waals surface area (Å²) in [5, 5.41) is 8.77. The standard InChI is InChI=1S/C54H34N4.C48H30N4/c1-3-9-35(10-4-1)44-31-45(36-11-5-2-6-12-36)33-46(32-44)52-26-22-42-30-40(20-24-51(42)58-52)39-19-23-50-41(29-39)21-25-49(57-50)38-17-15-37(16-18-38)48-34-43-13-7-27-55-53(43)54-47(48)14-8-28-56-54;1-2-6-31(7-3-1)32-10-14-34(15-11-32)43-24-20-38-28-36(18-22-45(38)51-43)37-19-23-46-39(29-37)21-25-44(52-46)35-16-12-33(13-17-35)42-30-40-8-4-26-49-47(40)48-41(42)9-5-27-50-48/h1-34H;1-30H. The first-order valence-electron chi connectivity index (χ1n) is 37.0. The summed E-state index contributed by atoms with van der Waals surface area (Å²) in [5.74, 6) is 0. The van der Waals surface area contributed by atoms with Crippen LogP contribution in [0.1, 0.15) is 0 Å². The summed E-state index contributed by atoms with van der Waals surface area (Å²) in [6.07, 6.45) is 7.32. The zero-order valence-electron chi connectivity index (χ0n) is 59.5. The maximum atomic E-state index is 5.17. The van der Waals surface area contributed by atoms with Crippen molar-refractivity contribution in [1.82, 2.24) is 39.9 Å². The zero-order chi connectivity index (χ0) is 72.9. The fourth-order valence-corrected chi connectivity index (χ4v) is 15.4. The van der Waals surface area contributed by atoms with Crippen LogP contribution in [0.2, 0.25) is 0 Å². The highest BCUT2D eigenvalue weighted by atomic mass is 14.7. The van der Waals surface area contributed by atoms with E-state index in [4.69, 9.17) is 19.9 Å². The van der Waals surface area contributed by atoms with Gasteiger partial charge >= 0.3 is 0 Å². The number of rotatable bonds is 11. The van der Waals surface area contributed by atoms with Crippen LogP contribution in [0.15, 0.2) is 389 Å². The molecule has 8 heterocycles. The van der Waals surface area contributed by atoms with Gasteiger partial charge in [0, 0.05) is 90.1 Å². The van der Waals surface area contributed by atoms with Crippen LogP contribution >= 0.6 is 0 Å². The maximum absolute atomic E-state index is 5.17. The highest BCUT2D eigenvalue weighted by Crippen LogP contribution is 2.40. The molecule has 0 atom stereocenters. The quantitative estimate of drug-likeness (QED) is 0.118. The molecule has 0 aliphatic heterocycles. The van der Waals surface area contributed by atoms with E-state index in [2.05, 4.69) is 354 Å². The Labute approximate surface area is 634 Å². The minimum Gasteiger partial charge on any atom is -0.254 e. The average molecular weight is 1400 g/mol. The summed E-state index contributed by atoms with van der Waals surface area (Å²) < 4.78 is 0. The van der Waals surface area contributed by atoms with Crippen molar-refractivity contribution >= 4 is 87.2 Å². The van der Waals surface area contributed by atoms with Gasteiger partial charge in [0.15, 0.2) is 0 Å². The van der Waals surface area contributed by atoms with Gasteiger partial charge in [0.2, 0.25) is 0 Å². The van der Waals surface area contributed by atoms with Crippen LogP contribution in [0.3, 0.4) is 0 Å². The number of hydrogen-bond acceptors (Lipinski definition) is 8. The van der Waals surface area contributed by atoms with Crippen molar-refractivity contribution in [3.05, 3.63) is 389 Å². The molecule has 0 N–H and O–H groups in total. The summed E-state index contributed by atoms with van der Waals surface area (Å²) in [7, 11) is 0. The van der Waals surface area contributed by atoms with Crippen molar-refractivity contribution in [2.75, 3.05) is 0 Å². The number of aromatic nitrogens is 8. The van der Waals surface area contributed by atoms with E-state index in [9.17, 15) is 0 Å². The topological polar surface area (TPSA) is 103 Å². The molecule has 8 heteroatoms. The first-order chi connectivity index (χ1) is 54.4. The molecule has 0 radical (unpaired) electrons. The smallest absolute Gasteiger partial charge is 0.0970 e. The van der Waals surface area contributed by atoms with Gasteiger partial charge in [-0.25, -0.2) is 19.9 Å². The normalized spacial score (nSPS) is 11.5. The molecule has 0 unspecified atom stereocenters. The molecule has 0 fully saturated rings. The van der Waals surface area contributed by atoms with Gasteiger partial charge in [-0.3, -0.25) is 19.9 Å². The van der Waals surface area contributed by atoms with E-state index < -0.39 is 0 Å². The summed E-state index contributed by atoms with van der Waals surface area (Å²) in [6.45, 7) is 0. The van der Waals surface area contributed by atoms with E-state index in [0.29, 0.717) is 0 Å². The van der Waals surface area contributed by atoms with E-state index in [0.717, 1.165) is 177 Å². The first-order valence-corrected chi connectivity index (χ1v) is 37.0. The molecule has 0 aliphatic carbocycles. The predicted molar refractivity (Wildman–Crippen MR) is 455 cm³/mol. The van der Waals surface area contributed by atoms with Crippen LogP contribution in [0.4, 0.5) is 0 Å². The average Bonchev–Trinajstić information content (AvgIpc) is 0.773. The van der Waals surface area contributed by atoms with Crippen molar-refractivity contribution in [2.24, 2.45) is 0 Å². The molecule has 21 rings (SSSR count). The number of benzene rings is 13. The molecule has 8 aromatic heterocycles. The minimum atomic E-state index is 0.920. The number of fused-ring (bicyclic) bond motifs is 10. The van der Waals surface area contributed by atoms with Crippen molar-refractivity contribution in [2.45, 2.75) is 0 Å². The molecule has 110 heavy (non-hydrogen) atoms. The van der Waals surface area contributed by atoms with Crippen molar-refractivity contribution in [3.63, 3.8) is 0 Å². The Morgan fingerprint density at radius 3 is 0.773 bits per heavy atom. The monoisotopic (exact) mass is 1400 g/mol. The third-order valence-electron chi connectivity index (χ3n) is 21.1. The van der Waals surface area contributed by atoms with E-state index >= 15 is 0 Å². The lowest BCUT2D eigenvalue weighted by Gasteiger charge is -2.12. The van der Waals surface area contributed by atoms with Gasteiger partial charge in [0.25, 0.3) is 0 Å². The third-order valence-corrected chi connectivity index (χ3v) is 21.1. The van der Waals surface area contributed by atoms with Gasteiger partial charge in [-0.05, 0) is 205 Å². The molecule has 512 valence electrons. The van der Waals surface area contributed by atoms with Crippen LogP contribution in [-0.2, 0) is 0 Å². The largest absolute Gasteiger partial charge is 0.254 e. The molecule has 0 bridgehead atoms. The van der Waals surface area contributed by atoms with Gasteiger partial charge in [-0.15, -0.1) is 0 Å². The predicted octanol–water partition coefficient (Wildman–Crippen LogP) is 26.1. The second-order valence-electron chi connectivity index (χ2n) is 27.8. The van der Waals surface area contributed by atoms with Crippen molar-refractivity contribution in [1.29, 1.82) is 0 Å². The van der Waals surface area contributed by atoms with Crippen LogP contribution in [0.25, 0.3) is 210 Å². The summed E-state index contributed by atoms with van der Waals surface area (Å²) in [5.41, 5.74) is 32.0. The molecular weight excluding hydrogens is 1340 g/mol. The van der Waals surface area contributed by atoms with Crippen LogP contribution in [0.5, 0.6) is 0 Å². The number of hydrogen-bond donors (Lipinski definition) is 0. The minimum absolute atomic E-state index is 0.920. The molecule has 21 aromatic rings. The van der Waals surface area contributed by atoms with Gasteiger partial charge in [0.1, 0.15) is 0 Å². The zero-order valence-corrected chi connectivity index (χ0v) is 59.5. The van der Waals surface area contributed by atoms with E-state index in [1.54, 1.807) is 0 Å². The van der Waals surface area contributed by atoms with Crippen molar-refractivity contribution < 1.29 is 0 Å². The highest BCUT2D eigenvalue weighted by molar-refractivity contribution is 6.11. The molecule has 13 aromatic carbocycles. The Bertz CT molecular complexity index is 7060. The molecule has 0 spiro atoms. The fraction of sp³-hybridized carbons (Fsp3) is 0. The summed E-state index contributed by atoms with van der Waals surface area (Å²) in [6, 6.07) is 128. The van der Waals surface area contributed by atoms with Gasteiger partial charge in [0.05, 0.1) is 66.9 Å². The first kappa shape index (κ1) is 64.7. The molecule has 8 nitrogen and oxygen atoms in total. The van der Waals surface area contributed by atoms with Crippen LogP contribution in [0, 0.1) is 0 Å². The Morgan fingerprint density at radius 2 is 0.418 bits per heavy atom. The second kappa shape index (κ2) is 27.9.